The minimum atomic E-state index is -1.07. The molecule has 0 fully saturated rings. The number of nitrogen functional groups attached to an aromatic ring is 1. The van der Waals surface area contributed by atoms with Crippen molar-refractivity contribution in [3.8, 4) is 22.5 Å². The van der Waals surface area contributed by atoms with E-state index in [2.05, 4.69) is 54.6 Å². The second kappa shape index (κ2) is 10.3. The first-order chi connectivity index (χ1) is 17.4. The Kier molecular flexibility index (Phi) is 7.20. The Bertz CT molecular complexity index is 1460. The van der Waals surface area contributed by atoms with Crippen LogP contribution in [0.15, 0.2) is 52.9 Å². The van der Waals surface area contributed by atoms with E-state index in [0.717, 1.165) is 53.7 Å². The van der Waals surface area contributed by atoms with Gasteiger partial charge in [-0.3, -0.25) is 0 Å². The molecule has 0 atom stereocenters. The summed E-state index contributed by atoms with van der Waals surface area (Å²) < 4.78 is 8.76. The molecular weight excluding hydrogens is 452 g/mol. The van der Waals surface area contributed by atoms with Crippen LogP contribution >= 0.6 is 0 Å². The van der Waals surface area contributed by atoms with Gasteiger partial charge in [0.1, 0.15) is 24.4 Å². The number of nitrogens with one attached hydrogen (secondary N) is 1. The maximum absolute atomic E-state index is 12.5. The average Bonchev–Trinajstić information content (AvgIpc) is 2.88. The number of aromatic carboxylic acids is 1. The summed E-state index contributed by atoms with van der Waals surface area (Å²) in [5.74, 6) is -0.368. The van der Waals surface area contributed by atoms with Crippen molar-refractivity contribution in [2.75, 3.05) is 49.2 Å². The van der Waals surface area contributed by atoms with E-state index in [9.17, 15) is 9.90 Å². The molecule has 2 aromatic carbocycles. The summed E-state index contributed by atoms with van der Waals surface area (Å²) in [4.78, 5) is 14.7. The van der Waals surface area contributed by atoms with Crippen molar-refractivity contribution in [2.24, 2.45) is 0 Å². The lowest BCUT2D eigenvalue weighted by Crippen LogP contribution is -2.29. The van der Waals surface area contributed by atoms with Crippen LogP contribution in [0.2, 0.25) is 0 Å². The predicted octanol–water partition coefficient (Wildman–Crippen LogP) is 5.18. The van der Waals surface area contributed by atoms with Crippen molar-refractivity contribution in [3.63, 3.8) is 0 Å². The molecule has 0 bridgehead atoms. The average molecular weight is 488 g/mol. The van der Waals surface area contributed by atoms with Gasteiger partial charge in [-0.2, -0.15) is 0 Å². The first-order valence-corrected chi connectivity index (χ1v) is 12.6. The summed E-state index contributed by atoms with van der Waals surface area (Å²) >= 11 is 0. The molecule has 0 unspecified atom stereocenters. The van der Waals surface area contributed by atoms with Crippen molar-refractivity contribution in [3.05, 3.63) is 59.5 Å². The molecule has 1 heterocycles. The molecule has 0 saturated heterocycles. The summed E-state index contributed by atoms with van der Waals surface area (Å²) in [7, 11) is 1.73. The molecule has 0 amide bonds. The van der Waals surface area contributed by atoms with Crippen LogP contribution in [0.5, 0.6) is 0 Å². The zero-order valence-corrected chi connectivity index (χ0v) is 21.7. The zero-order chi connectivity index (χ0) is 26.0. The van der Waals surface area contributed by atoms with Crippen molar-refractivity contribution in [1.29, 1.82) is 0 Å². The molecule has 7 heteroatoms. The van der Waals surface area contributed by atoms with E-state index in [4.69, 9.17) is 10.2 Å². The van der Waals surface area contributed by atoms with Crippen LogP contribution in [0, 0.1) is 0 Å². The van der Waals surface area contributed by atoms with Crippen LogP contribution in [0.4, 0.5) is 17.1 Å². The van der Waals surface area contributed by atoms with Crippen LogP contribution in [0.25, 0.3) is 33.4 Å². The number of fused-ring (bicyclic) bond motifs is 2. The fourth-order valence-electron chi connectivity index (χ4n) is 5.00. The highest BCUT2D eigenvalue weighted by atomic mass is 16.4. The van der Waals surface area contributed by atoms with Gasteiger partial charge in [-0.05, 0) is 57.5 Å². The maximum Gasteiger partial charge on any atom is 0.338 e. The molecule has 2 aromatic rings. The smallest absolute Gasteiger partial charge is 0.338 e. The lowest BCUT2D eigenvalue weighted by Gasteiger charge is -2.23. The van der Waals surface area contributed by atoms with Gasteiger partial charge in [-0.1, -0.05) is 6.07 Å². The molecule has 36 heavy (non-hydrogen) atoms. The number of hydrogen-bond acceptors (Lipinski definition) is 5. The number of nitrogens with zero attached hydrogens (tertiary/aromatic N) is 2. The van der Waals surface area contributed by atoms with E-state index in [0.29, 0.717) is 22.6 Å². The first-order valence-electron chi connectivity index (χ1n) is 12.6. The Labute approximate surface area is 211 Å². The number of benzene rings is 3. The van der Waals surface area contributed by atoms with Gasteiger partial charge in [0.05, 0.1) is 23.0 Å². The Hall–Kier alpha value is -4.00. The third-order valence-corrected chi connectivity index (χ3v) is 6.94. The van der Waals surface area contributed by atoms with Crippen LogP contribution in [0.3, 0.4) is 0 Å². The number of anilines is 3. The molecule has 1 aliphatic carbocycles. The fourth-order valence-corrected chi connectivity index (χ4v) is 5.00. The van der Waals surface area contributed by atoms with Crippen molar-refractivity contribution in [1.82, 2.24) is 4.58 Å². The molecule has 1 aliphatic heterocycles. The van der Waals surface area contributed by atoms with E-state index in [1.54, 1.807) is 7.05 Å². The van der Waals surface area contributed by atoms with Gasteiger partial charge in [0.2, 0.25) is 5.36 Å². The number of nitrogens with two attached hydrogens (primary N) is 1. The molecule has 0 saturated carbocycles. The Balaban J connectivity index is 2.17. The maximum atomic E-state index is 12.5. The monoisotopic (exact) mass is 487 g/mol. The number of carboxylic acids is 1. The topological polar surface area (TPSA) is 94.7 Å². The number of carbonyl (C=O) groups is 1. The number of carboxylic acid groups (broad SMARTS) is 1. The summed E-state index contributed by atoms with van der Waals surface area (Å²) in [5.41, 5.74) is 11.2. The Morgan fingerprint density at radius 1 is 1.00 bits per heavy atom. The normalized spacial score (nSPS) is 11.1. The molecule has 7 nitrogen and oxygen atoms in total. The predicted molar refractivity (Wildman–Crippen MR) is 149 cm³/mol. The van der Waals surface area contributed by atoms with Gasteiger partial charge in [-0.15, -0.1) is 0 Å². The molecule has 4 N–H and O–H groups in total. The SMILES string of the molecule is CCN(CC)c1ccc2c(-c3ccc(NC)c(N)c3C(=O)O)c3ccc(=[N+](CC)CC)cc-3oc2c1. The lowest BCUT2D eigenvalue weighted by atomic mass is 9.89. The molecular formula is C29H35N4O3+. The second-order valence-corrected chi connectivity index (χ2v) is 8.69. The number of hydrogen-bond donors (Lipinski definition) is 3. The van der Waals surface area contributed by atoms with Gasteiger partial charge >= 0.3 is 5.97 Å². The minimum Gasteiger partial charge on any atom is -0.478 e. The highest BCUT2D eigenvalue weighted by Crippen LogP contribution is 2.44. The van der Waals surface area contributed by atoms with Crippen molar-refractivity contribution >= 4 is 34.0 Å². The minimum absolute atomic E-state index is 0.0799. The standard InChI is InChI=1S/C29H34N4O3/c1-6-32(7-2)18-10-12-20-24(16-18)36-25-17-19(33(8-3)9-4)11-13-21(25)26(20)22-14-15-23(31-5)28(30)27(22)29(34)35/h10-17H,6-9,30H2,1-5H3,(H,34,35)/p+1. The number of rotatable bonds is 8. The molecule has 0 aromatic heterocycles. The molecule has 0 spiro atoms. The molecule has 4 rings (SSSR count). The zero-order valence-electron chi connectivity index (χ0n) is 21.7. The summed E-state index contributed by atoms with van der Waals surface area (Å²) in [6.45, 7) is 12.0. The highest BCUT2D eigenvalue weighted by Gasteiger charge is 2.25. The highest BCUT2D eigenvalue weighted by molar-refractivity contribution is 6.11. The van der Waals surface area contributed by atoms with Crippen LogP contribution < -0.4 is 25.9 Å². The first kappa shape index (κ1) is 25.1. The Morgan fingerprint density at radius 3 is 2.31 bits per heavy atom. The van der Waals surface area contributed by atoms with Gasteiger partial charge in [0.15, 0.2) is 0 Å². The third-order valence-electron chi connectivity index (χ3n) is 6.94. The largest absolute Gasteiger partial charge is 0.478 e. The molecule has 2 aliphatic rings. The summed E-state index contributed by atoms with van der Waals surface area (Å²) in [5, 5.41) is 15.1. The van der Waals surface area contributed by atoms with Gasteiger partial charge in [0.25, 0.3) is 0 Å². The van der Waals surface area contributed by atoms with Crippen LogP contribution in [-0.4, -0.2) is 44.3 Å². The van der Waals surface area contributed by atoms with Gasteiger partial charge in [0, 0.05) is 54.5 Å². The quantitative estimate of drug-likeness (QED) is 0.180. The van der Waals surface area contributed by atoms with Crippen molar-refractivity contribution in [2.45, 2.75) is 27.7 Å². The van der Waals surface area contributed by atoms with E-state index in [-0.39, 0.29) is 11.3 Å². The van der Waals surface area contributed by atoms with E-state index < -0.39 is 5.97 Å². The van der Waals surface area contributed by atoms with E-state index >= 15 is 0 Å². The van der Waals surface area contributed by atoms with Crippen LogP contribution in [0.1, 0.15) is 38.1 Å². The van der Waals surface area contributed by atoms with E-state index in [1.165, 1.54) is 0 Å². The lowest BCUT2D eigenvalue weighted by molar-refractivity contribution is 0.0699. The Morgan fingerprint density at radius 2 is 1.69 bits per heavy atom. The van der Waals surface area contributed by atoms with E-state index in [1.807, 2.05) is 36.4 Å². The van der Waals surface area contributed by atoms with Crippen molar-refractivity contribution < 1.29 is 14.3 Å². The summed E-state index contributed by atoms with van der Waals surface area (Å²) in [6, 6.07) is 15.9. The molecule has 188 valence electrons. The third kappa shape index (κ3) is 4.26. The second-order valence-electron chi connectivity index (χ2n) is 8.69. The fraction of sp³-hybridized carbons (Fsp3) is 0.310. The van der Waals surface area contributed by atoms with Crippen LogP contribution in [-0.2, 0) is 0 Å². The summed E-state index contributed by atoms with van der Waals surface area (Å²) in [6.07, 6.45) is 0. The van der Waals surface area contributed by atoms with Gasteiger partial charge in [-0.25, -0.2) is 9.37 Å². The molecule has 0 radical (unpaired) electrons. The van der Waals surface area contributed by atoms with Gasteiger partial charge < -0.3 is 25.5 Å².